The third-order valence-corrected chi connectivity index (χ3v) is 4.95. The summed E-state index contributed by atoms with van der Waals surface area (Å²) in [7, 11) is 0. The normalized spacial score (nSPS) is 18.1. The monoisotopic (exact) mass is 359 g/mol. The number of nitrogens with zero attached hydrogens (tertiary/aromatic N) is 2. The first-order valence-electron chi connectivity index (χ1n) is 9.19. The van der Waals surface area contributed by atoms with Crippen LogP contribution < -0.4 is 16.6 Å². The van der Waals surface area contributed by atoms with E-state index in [-0.39, 0.29) is 16.9 Å². The molecule has 8 heteroatoms. The molecule has 1 aliphatic heterocycles. The number of unbranched alkanes of at least 4 members (excludes halogenated alkanes) is 1. The van der Waals surface area contributed by atoms with Gasteiger partial charge in [0.1, 0.15) is 5.65 Å². The third kappa shape index (κ3) is 4.37. The Kier molecular flexibility index (Phi) is 5.82. The number of carbonyl (C=O) groups excluding carboxylic acids is 1. The average molecular weight is 359 g/mol. The second-order valence-electron chi connectivity index (χ2n) is 6.87. The Balaban J connectivity index is 1.50. The van der Waals surface area contributed by atoms with Crippen LogP contribution in [0.3, 0.4) is 0 Å². The summed E-state index contributed by atoms with van der Waals surface area (Å²) in [5.41, 5.74) is -0.692. The van der Waals surface area contributed by atoms with Crippen LogP contribution in [-0.4, -0.2) is 51.4 Å². The molecule has 8 nitrogen and oxygen atoms in total. The quantitative estimate of drug-likeness (QED) is 0.666. The summed E-state index contributed by atoms with van der Waals surface area (Å²) in [6.45, 7) is 5.11. The van der Waals surface area contributed by atoms with E-state index in [1.165, 1.54) is 38.1 Å². The molecule has 0 saturated carbocycles. The molecular formula is C18H25N5O3. The number of nitrogens with one attached hydrogen (secondary N) is 3. The minimum atomic E-state index is -0.616. The molecule has 1 unspecified atom stereocenters. The van der Waals surface area contributed by atoms with Gasteiger partial charge in [-0.05, 0) is 51.8 Å². The Bertz CT molecular complexity index is 888. The fourth-order valence-electron chi connectivity index (χ4n) is 3.40. The van der Waals surface area contributed by atoms with Crippen molar-refractivity contribution in [3.8, 4) is 0 Å². The Labute approximate surface area is 151 Å². The van der Waals surface area contributed by atoms with Gasteiger partial charge in [-0.3, -0.25) is 19.6 Å². The third-order valence-electron chi connectivity index (χ3n) is 4.95. The van der Waals surface area contributed by atoms with E-state index in [9.17, 15) is 14.4 Å². The summed E-state index contributed by atoms with van der Waals surface area (Å²) in [5.74, 6) is -0.267. The number of hydrogen-bond donors (Lipinski definition) is 3. The molecule has 26 heavy (non-hydrogen) atoms. The first-order chi connectivity index (χ1) is 12.5. The van der Waals surface area contributed by atoms with Crippen LogP contribution in [0.15, 0.2) is 21.9 Å². The number of hydrogen-bond acceptors (Lipinski definition) is 5. The van der Waals surface area contributed by atoms with Crippen molar-refractivity contribution in [2.45, 2.75) is 45.1 Å². The number of aromatic nitrogens is 3. The molecule has 0 bridgehead atoms. The average Bonchev–Trinajstić information content (AvgIpc) is 2.62. The number of fused-ring (bicyclic) bond motifs is 1. The summed E-state index contributed by atoms with van der Waals surface area (Å²) in [6, 6.07) is 2.11. The maximum atomic E-state index is 12.2. The summed E-state index contributed by atoms with van der Waals surface area (Å²) >= 11 is 0. The summed E-state index contributed by atoms with van der Waals surface area (Å²) < 4.78 is 0. The standard InChI is InChI=1S/C18H25N5O3/c1-12-6-2-4-8-23(12)9-5-3-7-19-16(24)13-10-14-15(20-11-13)21-18(26)22-17(14)25/h10-12H,2-9H2,1H3,(H,19,24)(H2,20,21,22,25,26). The molecule has 1 aliphatic rings. The lowest BCUT2D eigenvalue weighted by molar-refractivity contribution is 0.0951. The molecule has 3 N–H and O–H groups in total. The van der Waals surface area contributed by atoms with Crippen molar-refractivity contribution >= 4 is 16.9 Å². The van der Waals surface area contributed by atoms with Gasteiger partial charge >= 0.3 is 5.69 Å². The maximum absolute atomic E-state index is 12.2. The van der Waals surface area contributed by atoms with Crippen LogP contribution in [0.25, 0.3) is 11.0 Å². The predicted octanol–water partition coefficient (Wildman–Crippen LogP) is 0.996. The predicted molar refractivity (Wildman–Crippen MR) is 99.4 cm³/mol. The minimum Gasteiger partial charge on any atom is -0.352 e. The van der Waals surface area contributed by atoms with Gasteiger partial charge in [0.05, 0.1) is 10.9 Å². The molecule has 3 rings (SSSR count). The van der Waals surface area contributed by atoms with Gasteiger partial charge in [0.2, 0.25) is 0 Å². The van der Waals surface area contributed by atoms with Crippen molar-refractivity contribution in [2.24, 2.45) is 0 Å². The van der Waals surface area contributed by atoms with Gasteiger partial charge in [0.25, 0.3) is 11.5 Å². The lowest BCUT2D eigenvalue weighted by Gasteiger charge is -2.33. The summed E-state index contributed by atoms with van der Waals surface area (Å²) in [6.07, 6.45) is 7.19. The fraction of sp³-hybridized carbons (Fsp3) is 0.556. The molecule has 3 heterocycles. The van der Waals surface area contributed by atoms with Gasteiger partial charge in [-0.15, -0.1) is 0 Å². The van der Waals surface area contributed by atoms with Crippen molar-refractivity contribution in [3.05, 3.63) is 38.7 Å². The van der Waals surface area contributed by atoms with Crippen LogP contribution in [0.2, 0.25) is 0 Å². The second kappa shape index (κ2) is 8.27. The number of H-pyrrole nitrogens is 2. The molecule has 1 saturated heterocycles. The van der Waals surface area contributed by atoms with E-state index < -0.39 is 11.2 Å². The number of likely N-dealkylation sites (tertiary alicyclic amines) is 1. The van der Waals surface area contributed by atoms with Crippen LogP contribution in [0.5, 0.6) is 0 Å². The highest BCUT2D eigenvalue weighted by Crippen LogP contribution is 2.16. The van der Waals surface area contributed by atoms with E-state index in [1.54, 1.807) is 0 Å². The second-order valence-corrected chi connectivity index (χ2v) is 6.87. The largest absolute Gasteiger partial charge is 0.352 e. The molecule has 0 radical (unpaired) electrons. The van der Waals surface area contributed by atoms with E-state index in [0.29, 0.717) is 18.2 Å². The highest BCUT2D eigenvalue weighted by molar-refractivity contribution is 5.96. The highest BCUT2D eigenvalue weighted by Gasteiger charge is 2.17. The Morgan fingerprint density at radius 3 is 2.96 bits per heavy atom. The van der Waals surface area contributed by atoms with Crippen LogP contribution in [0.1, 0.15) is 49.4 Å². The Hall–Kier alpha value is -2.48. The van der Waals surface area contributed by atoms with Gasteiger partial charge < -0.3 is 10.2 Å². The number of pyridine rings is 1. The van der Waals surface area contributed by atoms with E-state index >= 15 is 0 Å². The molecule has 1 fully saturated rings. The molecule has 1 atom stereocenters. The van der Waals surface area contributed by atoms with Gasteiger partial charge in [0.15, 0.2) is 0 Å². The lowest BCUT2D eigenvalue weighted by Crippen LogP contribution is -2.38. The Morgan fingerprint density at radius 1 is 1.31 bits per heavy atom. The van der Waals surface area contributed by atoms with E-state index in [0.717, 1.165) is 19.4 Å². The highest BCUT2D eigenvalue weighted by atomic mass is 16.2. The van der Waals surface area contributed by atoms with Gasteiger partial charge in [-0.1, -0.05) is 6.42 Å². The zero-order valence-electron chi connectivity index (χ0n) is 15.0. The Morgan fingerprint density at radius 2 is 2.15 bits per heavy atom. The van der Waals surface area contributed by atoms with Crippen molar-refractivity contribution in [2.75, 3.05) is 19.6 Å². The van der Waals surface area contributed by atoms with Crippen LogP contribution >= 0.6 is 0 Å². The maximum Gasteiger partial charge on any atom is 0.327 e. The SMILES string of the molecule is CC1CCCCN1CCCCNC(=O)c1cnc2[nH]c(=O)[nH]c(=O)c2c1. The van der Waals surface area contributed by atoms with E-state index in [1.807, 2.05) is 0 Å². The first kappa shape index (κ1) is 18.3. The molecule has 2 aromatic rings. The smallest absolute Gasteiger partial charge is 0.327 e. The lowest BCUT2D eigenvalue weighted by atomic mass is 10.0. The molecule has 2 aromatic heterocycles. The summed E-state index contributed by atoms with van der Waals surface area (Å²) in [5, 5.41) is 3.05. The number of carbonyl (C=O) groups is 1. The molecular weight excluding hydrogens is 334 g/mol. The molecule has 0 spiro atoms. The van der Waals surface area contributed by atoms with Crippen molar-refractivity contribution in [1.29, 1.82) is 0 Å². The summed E-state index contributed by atoms with van der Waals surface area (Å²) in [4.78, 5) is 46.3. The number of rotatable bonds is 6. The van der Waals surface area contributed by atoms with Gasteiger partial charge in [0, 0.05) is 18.8 Å². The molecule has 0 aliphatic carbocycles. The topological polar surface area (TPSA) is 111 Å². The number of aromatic amines is 2. The van der Waals surface area contributed by atoms with Crippen LogP contribution in [0, 0.1) is 0 Å². The van der Waals surface area contributed by atoms with Crippen molar-refractivity contribution in [3.63, 3.8) is 0 Å². The molecule has 1 amide bonds. The van der Waals surface area contributed by atoms with Gasteiger partial charge in [-0.2, -0.15) is 0 Å². The zero-order chi connectivity index (χ0) is 18.5. The fourth-order valence-corrected chi connectivity index (χ4v) is 3.40. The van der Waals surface area contributed by atoms with Crippen molar-refractivity contribution < 1.29 is 4.79 Å². The number of amides is 1. The first-order valence-corrected chi connectivity index (χ1v) is 9.19. The number of piperidine rings is 1. The molecule has 0 aromatic carbocycles. The van der Waals surface area contributed by atoms with E-state index in [4.69, 9.17) is 0 Å². The van der Waals surface area contributed by atoms with Gasteiger partial charge in [-0.25, -0.2) is 9.78 Å². The van der Waals surface area contributed by atoms with Crippen LogP contribution in [-0.2, 0) is 0 Å². The van der Waals surface area contributed by atoms with E-state index in [2.05, 4.69) is 32.1 Å². The molecule has 140 valence electrons. The van der Waals surface area contributed by atoms with Crippen molar-refractivity contribution in [1.82, 2.24) is 25.2 Å². The minimum absolute atomic E-state index is 0.172. The zero-order valence-corrected chi connectivity index (χ0v) is 15.0. The van der Waals surface area contributed by atoms with Crippen LogP contribution in [0.4, 0.5) is 0 Å².